The van der Waals surface area contributed by atoms with Crippen LogP contribution in [0.2, 0.25) is 0 Å². The molecule has 2 saturated heterocycles. The summed E-state index contributed by atoms with van der Waals surface area (Å²) >= 11 is 3.50. The number of nitrogens with one attached hydrogen (secondary N) is 1. The maximum Gasteiger partial charge on any atom is 0.249 e. The lowest BCUT2D eigenvalue weighted by atomic mass is 9.97. The highest BCUT2D eigenvalue weighted by molar-refractivity contribution is 9.08. The molecule has 2 fully saturated rings. The van der Waals surface area contributed by atoms with Crippen molar-refractivity contribution >= 4 is 73.0 Å². The number of nitrogens with zero attached hydrogens (tertiary/aromatic N) is 11. The van der Waals surface area contributed by atoms with Crippen molar-refractivity contribution in [3.8, 4) is 12.1 Å². The van der Waals surface area contributed by atoms with Gasteiger partial charge in [-0.3, -0.25) is 29.4 Å². The van der Waals surface area contributed by atoms with Gasteiger partial charge in [-0.2, -0.15) is 10.5 Å². The first-order valence-corrected chi connectivity index (χ1v) is 21.6. The first-order valence-electron chi connectivity index (χ1n) is 20.5. The van der Waals surface area contributed by atoms with E-state index in [1.165, 1.54) is 29.2 Å². The maximum atomic E-state index is 13.2. The van der Waals surface area contributed by atoms with Crippen LogP contribution in [0, 0.1) is 45.1 Å². The number of carbonyl (C=O) groups is 4. The van der Waals surface area contributed by atoms with Crippen molar-refractivity contribution in [3.05, 3.63) is 108 Å². The van der Waals surface area contributed by atoms with E-state index in [1.807, 2.05) is 22.8 Å². The lowest BCUT2D eigenvalue weighted by Crippen LogP contribution is -2.53. The number of anilines is 2. The lowest BCUT2D eigenvalue weighted by molar-refractivity contribution is -0.146. The molecule has 16 nitrogen and oxygen atoms in total. The maximum absolute atomic E-state index is 13.2. The van der Waals surface area contributed by atoms with Crippen LogP contribution in [-0.4, -0.2) is 83.8 Å². The first kappa shape index (κ1) is 47.4. The van der Waals surface area contributed by atoms with Crippen LogP contribution in [0.25, 0.3) is 22.1 Å². The van der Waals surface area contributed by atoms with Crippen molar-refractivity contribution in [1.29, 1.82) is 10.5 Å². The van der Waals surface area contributed by atoms with Gasteiger partial charge in [0.05, 0.1) is 32.7 Å². The Bertz CT molecular complexity index is 2800. The van der Waals surface area contributed by atoms with Crippen LogP contribution in [0.5, 0.6) is 0 Å². The number of halogens is 3. The van der Waals surface area contributed by atoms with Crippen molar-refractivity contribution < 1.29 is 28.0 Å². The number of aromatic nitrogens is 6. The highest BCUT2D eigenvalue weighted by atomic mass is 79.9. The third kappa shape index (κ3) is 12.1. The Balaban J connectivity index is 0.000000178. The van der Waals surface area contributed by atoms with E-state index >= 15 is 0 Å². The molecular weight excluding hydrogens is 902 g/mol. The second kappa shape index (κ2) is 19.7. The molecule has 0 radical (unpaired) electrons. The van der Waals surface area contributed by atoms with E-state index in [0.29, 0.717) is 23.6 Å². The van der Waals surface area contributed by atoms with Crippen LogP contribution in [0.4, 0.5) is 20.2 Å². The Kier molecular flexibility index (Phi) is 14.4. The largest absolute Gasteiger partial charge is 0.353 e. The molecule has 2 aliphatic heterocycles. The van der Waals surface area contributed by atoms with E-state index in [0.717, 1.165) is 39.7 Å². The minimum absolute atomic E-state index is 0.0231. The van der Waals surface area contributed by atoms with Crippen molar-refractivity contribution in [2.45, 2.75) is 66.5 Å². The number of rotatable bonds is 7. The average molecular weight is 950 g/mol. The fourth-order valence-corrected chi connectivity index (χ4v) is 7.64. The number of imide groups is 2. The first-order chi connectivity index (χ1) is 30.7. The van der Waals surface area contributed by atoms with E-state index < -0.39 is 0 Å². The number of carbonyl (C=O) groups excluding carboxylic acids is 4. The summed E-state index contributed by atoms with van der Waals surface area (Å²) < 4.78 is 30.0. The van der Waals surface area contributed by atoms with Crippen LogP contribution < -0.4 is 15.1 Å². The predicted molar refractivity (Wildman–Crippen MR) is 242 cm³/mol. The molecule has 6 aromatic rings. The quantitative estimate of drug-likeness (QED) is 0.137. The van der Waals surface area contributed by atoms with Crippen molar-refractivity contribution in [2.75, 3.05) is 36.0 Å². The van der Waals surface area contributed by atoms with Crippen LogP contribution in [0.1, 0.15) is 64.6 Å². The topological polar surface area (TPSA) is 199 Å². The molecular formula is C46H47BrF2N12O4. The number of hydrogen-bond acceptors (Lipinski definition) is 12. The summed E-state index contributed by atoms with van der Waals surface area (Å²) in [6.07, 6.45) is 3.30. The number of nitriles is 2. The van der Waals surface area contributed by atoms with Gasteiger partial charge < -0.3 is 18.9 Å². The van der Waals surface area contributed by atoms with Gasteiger partial charge in [-0.05, 0) is 71.5 Å². The smallest absolute Gasteiger partial charge is 0.249 e. The van der Waals surface area contributed by atoms with Gasteiger partial charge >= 0.3 is 0 Å². The summed E-state index contributed by atoms with van der Waals surface area (Å²) in [5, 5.41) is 22.8. The van der Waals surface area contributed by atoms with Crippen molar-refractivity contribution in [2.24, 2.45) is 10.8 Å². The molecule has 0 bridgehead atoms. The minimum Gasteiger partial charge on any atom is -0.353 e. The molecule has 19 heteroatoms. The summed E-state index contributed by atoms with van der Waals surface area (Å²) in [6.45, 7) is 14.6. The van der Waals surface area contributed by atoms with E-state index in [9.17, 15) is 33.2 Å². The van der Waals surface area contributed by atoms with Gasteiger partial charge in [0, 0.05) is 64.3 Å². The van der Waals surface area contributed by atoms with Crippen molar-refractivity contribution in [1.82, 2.24) is 39.3 Å². The minimum atomic E-state index is -0.376. The molecule has 2 aromatic carbocycles. The molecule has 1 N–H and O–H groups in total. The van der Waals surface area contributed by atoms with Crippen LogP contribution in [0.3, 0.4) is 0 Å². The second-order valence-corrected chi connectivity index (χ2v) is 18.4. The Morgan fingerprint density at radius 2 is 1.05 bits per heavy atom. The molecule has 0 atom stereocenters. The van der Waals surface area contributed by atoms with Gasteiger partial charge in [0.25, 0.3) is 0 Å². The van der Waals surface area contributed by atoms with E-state index in [2.05, 4.69) is 93.4 Å². The molecule has 0 unspecified atom stereocenters. The van der Waals surface area contributed by atoms with Crippen LogP contribution >= 0.6 is 15.9 Å². The molecule has 0 aliphatic carbocycles. The SMILES string of the molecule is CC(C)(C)Cn1c(CBr)cc2cnc(C#N)nc21.CC(C)(C)Cn1c(CN2C(=O)CN(c3ccc(F)cc3)CC2=O)cc2cnc(C#N)nc21.O=C1CN(c2ccc(F)cc2)CC(=O)N1. The highest BCUT2D eigenvalue weighted by Crippen LogP contribution is 2.28. The fourth-order valence-electron chi connectivity index (χ4n) is 7.17. The summed E-state index contributed by atoms with van der Waals surface area (Å²) in [4.78, 5) is 69.1. The van der Waals surface area contributed by atoms with Gasteiger partial charge in [-0.25, -0.2) is 28.7 Å². The fraction of sp³-hybridized carbons (Fsp3) is 0.348. The summed E-state index contributed by atoms with van der Waals surface area (Å²) in [6, 6.07) is 19.3. The average Bonchev–Trinajstić information content (AvgIpc) is 3.76. The summed E-state index contributed by atoms with van der Waals surface area (Å²) in [7, 11) is 0. The summed E-state index contributed by atoms with van der Waals surface area (Å²) in [5.41, 5.74) is 4.68. The van der Waals surface area contributed by atoms with E-state index in [1.54, 1.807) is 46.5 Å². The molecule has 0 spiro atoms. The third-order valence-electron chi connectivity index (χ3n) is 9.95. The monoisotopic (exact) mass is 948 g/mol. The molecule has 336 valence electrons. The number of alkyl halides is 1. The predicted octanol–water partition coefficient (Wildman–Crippen LogP) is 6.40. The molecule has 65 heavy (non-hydrogen) atoms. The zero-order valence-electron chi connectivity index (χ0n) is 36.8. The number of benzene rings is 2. The van der Waals surface area contributed by atoms with Gasteiger partial charge in [0.15, 0.2) is 0 Å². The van der Waals surface area contributed by atoms with Crippen molar-refractivity contribution in [3.63, 3.8) is 0 Å². The zero-order chi connectivity index (χ0) is 47.2. The molecule has 2 aliphatic rings. The molecule has 4 aromatic heterocycles. The Morgan fingerprint density at radius 1 is 0.646 bits per heavy atom. The zero-order valence-corrected chi connectivity index (χ0v) is 38.4. The number of piperazine rings is 2. The van der Waals surface area contributed by atoms with Gasteiger partial charge in [0.2, 0.25) is 35.3 Å². The molecule has 8 rings (SSSR count). The summed E-state index contributed by atoms with van der Waals surface area (Å²) in [5.74, 6) is -1.77. The normalized spacial score (nSPS) is 14.4. The number of fused-ring (bicyclic) bond motifs is 2. The van der Waals surface area contributed by atoms with E-state index in [4.69, 9.17) is 5.26 Å². The Labute approximate surface area is 382 Å². The number of hydrogen-bond donors (Lipinski definition) is 1. The molecule has 6 heterocycles. The standard InChI is InChI=1S/C23H23FN6O2.C13H15BrN4.C10H9FN2O2/c1-23(2,3)14-30-18(8-15-10-26-19(9-25)27-22(15)30)11-29-20(31)12-28(13-21(29)32)17-6-4-16(24)5-7-17;1-13(2,3)8-18-10(5-14)4-9-7-16-11(6-15)17-12(9)18;11-7-1-3-8(4-2-7)13-5-9(14)12-10(15)6-13/h4-8,10H,11-14H2,1-3H3;4,7H,5,8H2,1-3H3;1-4H,5-6H2,(H,12,14,15). The van der Waals surface area contributed by atoms with Crippen LogP contribution in [-0.2, 0) is 44.1 Å². The molecule has 4 amide bonds. The third-order valence-corrected chi connectivity index (χ3v) is 10.5. The highest BCUT2D eigenvalue weighted by Gasteiger charge is 2.33. The Hall–Kier alpha value is -7.12. The Morgan fingerprint density at radius 3 is 1.45 bits per heavy atom. The van der Waals surface area contributed by atoms with Gasteiger partial charge in [-0.1, -0.05) is 57.5 Å². The van der Waals surface area contributed by atoms with Gasteiger partial charge in [-0.15, -0.1) is 0 Å². The van der Waals surface area contributed by atoms with E-state index in [-0.39, 0.29) is 90.5 Å². The van der Waals surface area contributed by atoms with Crippen LogP contribution in [0.15, 0.2) is 73.1 Å². The number of amides is 4. The lowest BCUT2D eigenvalue weighted by Gasteiger charge is -2.34. The second-order valence-electron chi connectivity index (χ2n) is 17.9. The van der Waals surface area contributed by atoms with Gasteiger partial charge in [0.1, 0.15) is 35.1 Å². The molecule has 0 saturated carbocycles.